The monoisotopic (exact) mass is 390 g/mol. The van der Waals surface area contributed by atoms with Crippen LogP contribution in [0.25, 0.3) is 0 Å². The zero-order chi connectivity index (χ0) is 20.3. The summed E-state index contributed by atoms with van der Waals surface area (Å²) >= 11 is 0. The minimum absolute atomic E-state index is 0.191. The average molecular weight is 390 g/mol. The first kappa shape index (κ1) is 17.8. The van der Waals surface area contributed by atoms with Gasteiger partial charge in [0.1, 0.15) is 5.41 Å². The number of ether oxygens (including phenoxy) is 1. The Morgan fingerprint density at radius 2 is 1.14 bits per heavy atom. The highest BCUT2D eigenvalue weighted by Crippen LogP contribution is 2.63. The maximum absolute atomic E-state index is 14.8. The topological polar surface area (TPSA) is 90.2 Å². The van der Waals surface area contributed by atoms with Crippen LogP contribution in [0, 0.1) is 0 Å². The molecular formula is C20H13F3O5. The highest BCUT2D eigenvalue weighted by Gasteiger charge is 2.63. The number of phenolic OH excluding ortho intramolecular Hbond substituents is 4. The van der Waals surface area contributed by atoms with Gasteiger partial charge in [-0.15, -0.1) is 0 Å². The molecule has 0 amide bonds. The second-order valence-electron chi connectivity index (χ2n) is 6.34. The van der Waals surface area contributed by atoms with E-state index >= 15 is 0 Å². The summed E-state index contributed by atoms with van der Waals surface area (Å²) in [5, 5.41) is 39.9. The molecule has 1 aliphatic rings. The van der Waals surface area contributed by atoms with Crippen LogP contribution >= 0.6 is 0 Å². The van der Waals surface area contributed by atoms with Gasteiger partial charge >= 0.3 is 6.18 Å². The fraction of sp³-hybridized carbons (Fsp3) is 0.100. The van der Waals surface area contributed by atoms with E-state index in [1.165, 1.54) is 24.3 Å². The molecule has 0 bridgehead atoms. The van der Waals surface area contributed by atoms with Crippen LogP contribution in [0.4, 0.5) is 13.2 Å². The molecule has 8 heteroatoms. The lowest BCUT2D eigenvalue weighted by Crippen LogP contribution is -2.46. The Kier molecular flexibility index (Phi) is 3.65. The number of aromatic hydroxyl groups is 4. The summed E-state index contributed by atoms with van der Waals surface area (Å²) in [5.74, 6) is -4.51. The Balaban J connectivity index is 2.24. The van der Waals surface area contributed by atoms with Crippen molar-refractivity contribution < 1.29 is 38.3 Å². The van der Waals surface area contributed by atoms with Gasteiger partial charge in [-0.1, -0.05) is 30.3 Å². The fourth-order valence-corrected chi connectivity index (χ4v) is 3.63. The third kappa shape index (κ3) is 2.14. The molecule has 0 atom stereocenters. The van der Waals surface area contributed by atoms with E-state index in [0.717, 1.165) is 24.3 Å². The van der Waals surface area contributed by atoms with E-state index in [1.54, 1.807) is 6.07 Å². The summed E-state index contributed by atoms with van der Waals surface area (Å²) in [7, 11) is 0. The van der Waals surface area contributed by atoms with Gasteiger partial charge < -0.3 is 25.2 Å². The first-order chi connectivity index (χ1) is 13.2. The molecule has 28 heavy (non-hydrogen) atoms. The molecule has 1 heterocycles. The molecule has 0 saturated carbocycles. The number of hydrogen-bond acceptors (Lipinski definition) is 5. The van der Waals surface area contributed by atoms with Gasteiger partial charge in [0.15, 0.2) is 23.0 Å². The number of hydrogen-bond donors (Lipinski definition) is 4. The maximum atomic E-state index is 14.8. The van der Waals surface area contributed by atoms with Gasteiger partial charge in [-0.25, -0.2) is 0 Å². The Labute approximate surface area is 156 Å². The van der Waals surface area contributed by atoms with E-state index in [2.05, 4.69) is 0 Å². The molecule has 0 radical (unpaired) electrons. The van der Waals surface area contributed by atoms with Crippen LogP contribution in [-0.2, 0) is 5.41 Å². The quantitative estimate of drug-likeness (QED) is 0.459. The van der Waals surface area contributed by atoms with E-state index in [9.17, 15) is 33.6 Å². The summed E-state index contributed by atoms with van der Waals surface area (Å²) in [6.45, 7) is 0. The van der Waals surface area contributed by atoms with Crippen molar-refractivity contribution in [3.8, 4) is 34.5 Å². The highest BCUT2D eigenvalue weighted by atomic mass is 19.4. The molecule has 0 fully saturated rings. The van der Waals surface area contributed by atoms with Crippen molar-refractivity contribution in [2.75, 3.05) is 0 Å². The number of halogens is 3. The van der Waals surface area contributed by atoms with Crippen LogP contribution in [0.3, 0.4) is 0 Å². The Bertz CT molecular complexity index is 1020. The van der Waals surface area contributed by atoms with E-state index in [-0.39, 0.29) is 5.56 Å². The number of rotatable bonds is 1. The van der Waals surface area contributed by atoms with Gasteiger partial charge in [-0.2, -0.15) is 13.2 Å². The maximum Gasteiger partial charge on any atom is 0.406 e. The zero-order valence-corrected chi connectivity index (χ0v) is 14.0. The third-order valence-electron chi connectivity index (χ3n) is 4.86. The second-order valence-corrected chi connectivity index (χ2v) is 6.34. The largest absolute Gasteiger partial charge is 0.504 e. The predicted octanol–water partition coefficient (Wildman–Crippen LogP) is 4.51. The fourth-order valence-electron chi connectivity index (χ4n) is 3.63. The van der Waals surface area contributed by atoms with E-state index in [1.807, 2.05) is 0 Å². The molecule has 4 rings (SSSR count). The standard InChI is InChI=1S/C20H13F3O5/c21-20(22,23)19(10-4-2-1-3-5-10)11-6-8-13(24)15(26)17(11)28-18-12(19)7-9-14(25)16(18)27/h1-9,24-27H. The molecule has 0 saturated heterocycles. The first-order valence-electron chi connectivity index (χ1n) is 8.10. The number of alkyl halides is 3. The molecular weight excluding hydrogens is 377 g/mol. The van der Waals surface area contributed by atoms with Crippen LogP contribution < -0.4 is 4.74 Å². The number of benzene rings is 3. The zero-order valence-electron chi connectivity index (χ0n) is 14.0. The summed E-state index contributed by atoms with van der Waals surface area (Å²) in [5.41, 5.74) is -3.94. The lowest BCUT2D eigenvalue weighted by Gasteiger charge is -2.42. The summed E-state index contributed by atoms with van der Waals surface area (Å²) in [6.07, 6.45) is -4.94. The Hall–Kier alpha value is -3.55. The van der Waals surface area contributed by atoms with Crippen molar-refractivity contribution in [2.45, 2.75) is 11.6 Å². The smallest absolute Gasteiger partial charge is 0.406 e. The average Bonchev–Trinajstić information content (AvgIpc) is 2.66. The van der Waals surface area contributed by atoms with Gasteiger partial charge in [0.2, 0.25) is 11.5 Å². The van der Waals surface area contributed by atoms with Crippen molar-refractivity contribution in [3.63, 3.8) is 0 Å². The van der Waals surface area contributed by atoms with Crippen molar-refractivity contribution >= 4 is 0 Å². The first-order valence-corrected chi connectivity index (χ1v) is 8.10. The van der Waals surface area contributed by atoms with Gasteiger partial charge in [0.05, 0.1) is 0 Å². The molecule has 0 unspecified atom stereocenters. The molecule has 0 spiro atoms. The third-order valence-corrected chi connectivity index (χ3v) is 4.86. The highest BCUT2D eigenvalue weighted by molar-refractivity contribution is 5.73. The lowest BCUT2D eigenvalue weighted by molar-refractivity contribution is -0.168. The normalized spacial score (nSPS) is 14.7. The SMILES string of the molecule is Oc1ccc2c(c1O)Oc1c(ccc(O)c1O)C2(c1ccccc1)C(F)(F)F. The van der Waals surface area contributed by atoms with Crippen LogP contribution in [0.1, 0.15) is 16.7 Å². The Morgan fingerprint density at radius 1 is 0.679 bits per heavy atom. The van der Waals surface area contributed by atoms with Crippen molar-refractivity contribution in [3.05, 3.63) is 71.3 Å². The molecule has 144 valence electrons. The number of fused-ring (bicyclic) bond motifs is 2. The molecule has 1 aliphatic heterocycles. The van der Waals surface area contributed by atoms with E-state index < -0.39 is 57.2 Å². The van der Waals surface area contributed by atoms with Crippen LogP contribution in [0.5, 0.6) is 34.5 Å². The molecule has 0 aliphatic carbocycles. The minimum Gasteiger partial charge on any atom is -0.504 e. The summed E-state index contributed by atoms with van der Waals surface area (Å²) < 4.78 is 49.6. The molecule has 0 aromatic heterocycles. The lowest BCUT2D eigenvalue weighted by atomic mass is 9.67. The van der Waals surface area contributed by atoms with E-state index in [0.29, 0.717) is 0 Å². The minimum atomic E-state index is -4.94. The van der Waals surface area contributed by atoms with Gasteiger partial charge in [0.25, 0.3) is 0 Å². The van der Waals surface area contributed by atoms with Crippen LogP contribution in [0.15, 0.2) is 54.6 Å². The van der Waals surface area contributed by atoms with Crippen molar-refractivity contribution in [1.29, 1.82) is 0 Å². The van der Waals surface area contributed by atoms with Crippen LogP contribution in [-0.4, -0.2) is 26.6 Å². The van der Waals surface area contributed by atoms with Crippen molar-refractivity contribution in [2.24, 2.45) is 0 Å². The molecule has 3 aromatic rings. The molecule has 4 N–H and O–H groups in total. The second kappa shape index (κ2) is 5.72. The Morgan fingerprint density at radius 3 is 1.57 bits per heavy atom. The summed E-state index contributed by atoms with van der Waals surface area (Å²) in [4.78, 5) is 0. The molecule has 5 nitrogen and oxygen atoms in total. The van der Waals surface area contributed by atoms with Gasteiger partial charge in [0, 0.05) is 11.1 Å². The van der Waals surface area contributed by atoms with Crippen LogP contribution in [0.2, 0.25) is 0 Å². The molecule has 3 aromatic carbocycles. The van der Waals surface area contributed by atoms with Gasteiger partial charge in [-0.3, -0.25) is 0 Å². The van der Waals surface area contributed by atoms with Gasteiger partial charge in [-0.05, 0) is 29.8 Å². The number of phenols is 4. The van der Waals surface area contributed by atoms with E-state index in [4.69, 9.17) is 4.74 Å². The van der Waals surface area contributed by atoms with Crippen molar-refractivity contribution in [1.82, 2.24) is 0 Å². The predicted molar refractivity (Wildman–Crippen MR) is 92.0 cm³/mol. The summed E-state index contributed by atoms with van der Waals surface area (Å²) in [6, 6.07) is 10.8.